The van der Waals surface area contributed by atoms with Gasteiger partial charge in [0.25, 0.3) is 0 Å². The van der Waals surface area contributed by atoms with Crippen LogP contribution in [0.4, 0.5) is 0 Å². The van der Waals surface area contributed by atoms with Crippen LogP contribution in [0, 0.1) is 28.6 Å². The number of ketones is 2. The molecule has 7 rings (SSSR count). The first-order valence-corrected chi connectivity index (χ1v) is 16.0. The van der Waals surface area contributed by atoms with Crippen LogP contribution in [-0.2, 0) is 19.1 Å². The smallest absolute Gasteiger partial charge is 0.178 e. The number of para-hydroxylation sites is 2. The van der Waals surface area contributed by atoms with Crippen molar-refractivity contribution in [1.82, 2.24) is 9.97 Å². The van der Waals surface area contributed by atoms with Gasteiger partial charge in [-0.15, -0.1) is 0 Å². The Morgan fingerprint density at radius 3 is 2.83 bits per heavy atom. The number of hydrogen-bond donors (Lipinski definition) is 1. The maximum Gasteiger partial charge on any atom is 0.178 e. The van der Waals surface area contributed by atoms with Gasteiger partial charge in [0, 0.05) is 16.7 Å². The largest absolute Gasteiger partial charge is 0.393 e. The van der Waals surface area contributed by atoms with Crippen molar-refractivity contribution in [1.29, 1.82) is 0 Å². The third kappa shape index (κ3) is 3.97. The van der Waals surface area contributed by atoms with E-state index in [0.717, 1.165) is 48.7 Å². The molecule has 0 bridgehead atoms. The summed E-state index contributed by atoms with van der Waals surface area (Å²) in [5, 5.41) is 12.6. The van der Waals surface area contributed by atoms with Crippen molar-refractivity contribution < 1.29 is 24.2 Å². The fourth-order valence-electron chi connectivity index (χ4n) is 9.26. The maximum absolute atomic E-state index is 14.5. The van der Waals surface area contributed by atoms with Gasteiger partial charge in [0.05, 0.1) is 35.2 Å². The number of carbonyl (C=O) groups is 2. The van der Waals surface area contributed by atoms with E-state index in [4.69, 9.17) is 14.5 Å². The third-order valence-corrected chi connectivity index (χ3v) is 11.9. The fourth-order valence-corrected chi connectivity index (χ4v) is 10.0. The van der Waals surface area contributed by atoms with Crippen LogP contribution in [0.2, 0.25) is 0 Å². The number of carbonyl (C=O) groups excluding carboxylic acids is 2. The minimum atomic E-state index is -1.11. The molecule has 0 spiro atoms. The van der Waals surface area contributed by atoms with Crippen molar-refractivity contribution in [2.24, 2.45) is 28.6 Å². The summed E-state index contributed by atoms with van der Waals surface area (Å²) >= 11 is 1.39. The number of ether oxygens (including phenoxy) is 2. The average molecular weight is 575 g/mol. The molecule has 41 heavy (non-hydrogen) atoms. The van der Waals surface area contributed by atoms with Crippen molar-refractivity contribution in [3.05, 3.63) is 54.3 Å². The molecule has 2 aromatic rings. The summed E-state index contributed by atoms with van der Waals surface area (Å²) in [5.74, 6) is 0.612. The molecule has 216 valence electrons. The Hall–Kier alpha value is -2.39. The Kier molecular flexibility index (Phi) is 6.58. The van der Waals surface area contributed by atoms with Crippen molar-refractivity contribution in [2.45, 2.75) is 88.4 Å². The van der Waals surface area contributed by atoms with Crippen LogP contribution in [-0.4, -0.2) is 56.5 Å². The van der Waals surface area contributed by atoms with Crippen LogP contribution in [0.15, 0.2) is 59.3 Å². The zero-order valence-electron chi connectivity index (χ0n) is 23.9. The zero-order valence-corrected chi connectivity index (χ0v) is 24.7. The Morgan fingerprint density at radius 1 is 1.22 bits per heavy atom. The Bertz CT molecular complexity index is 1470. The third-order valence-electron chi connectivity index (χ3n) is 11.0. The molecule has 5 aliphatic rings. The number of aliphatic hydroxyl groups is 1. The SMILES string of the molecule is CCC[C@H]1O[C@@H]2CC3C4CCC5=CC(=O)C=CC5(C)C4C(O)CC3(C)[C@]2(C(=O)CSc2cnc3ccccc3n2)O1. The molecular weight excluding hydrogens is 536 g/mol. The van der Waals surface area contributed by atoms with E-state index in [-0.39, 0.29) is 46.6 Å². The van der Waals surface area contributed by atoms with Gasteiger partial charge in [0.1, 0.15) is 5.03 Å². The lowest BCUT2D eigenvalue weighted by Crippen LogP contribution is -2.63. The van der Waals surface area contributed by atoms with E-state index in [2.05, 4.69) is 25.8 Å². The number of fused-ring (bicyclic) bond motifs is 8. The monoisotopic (exact) mass is 574 g/mol. The second-order valence-corrected chi connectivity index (χ2v) is 14.0. The number of Topliss-reactive ketones (excluding diaryl/α,β-unsaturated/α-hetero) is 1. The summed E-state index contributed by atoms with van der Waals surface area (Å²) in [5.41, 5.74) is 0.710. The van der Waals surface area contributed by atoms with E-state index >= 15 is 0 Å². The normalized spacial score (nSPS) is 41.0. The minimum absolute atomic E-state index is 0.00964. The molecule has 1 aromatic carbocycles. The number of nitrogens with zero attached hydrogens (tertiary/aromatic N) is 2. The molecule has 0 amide bonds. The topological polar surface area (TPSA) is 98.6 Å². The van der Waals surface area contributed by atoms with E-state index in [1.54, 1.807) is 18.3 Å². The molecule has 4 fully saturated rings. The standard InChI is InChI=1S/C33H38N2O5S/c1-4-7-29-39-27-15-22-21-11-10-19-14-20(36)12-13-31(19,2)30(21)25(37)16-32(22,3)33(27,40-29)26(38)18-41-28-17-34-23-8-5-6-9-24(23)35-28/h5-6,8-9,12-14,17,21-22,25,27,29-30,37H,4,7,10-11,15-16,18H2,1-3H3/t21?,22?,25?,27-,29+,30?,31?,32?,33-/m1/s1. The van der Waals surface area contributed by atoms with E-state index in [1.165, 1.54) is 11.8 Å². The Morgan fingerprint density at radius 2 is 2.02 bits per heavy atom. The number of aromatic nitrogens is 2. The van der Waals surface area contributed by atoms with Gasteiger partial charge in [0.2, 0.25) is 0 Å². The highest BCUT2D eigenvalue weighted by molar-refractivity contribution is 7.99. The maximum atomic E-state index is 14.5. The van der Waals surface area contributed by atoms with Gasteiger partial charge in [-0.25, -0.2) is 4.98 Å². The molecule has 3 saturated carbocycles. The van der Waals surface area contributed by atoms with Gasteiger partial charge in [0.15, 0.2) is 23.5 Å². The number of allylic oxidation sites excluding steroid dienone is 4. The number of hydrogen-bond acceptors (Lipinski definition) is 8. The van der Waals surface area contributed by atoms with Crippen molar-refractivity contribution in [3.63, 3.8) is 0 Å². The second kappa shape index (κ2) is 9.83. The molecule has 1 saturated heterocycles. The van der Waals surface area contributed by atoms with E-state index in [9.17, 15) is 14.7 Å². The van der Waals surface area contributed by atoms with Crippen molar-refractivity contribution in [3.8, 4) is 0 Å². The van der Waals surface area contributed by atoms with Crippen LogP contribution in [0.25, 0.3) is 11.0 Å². The number of rotatable bonds is 6. The van der Waals surface area contributed by atoms with Crippen LogP contribution >= 0.6 is 11.8 Å². The van der Waals surface area contributed by atoms with Gasteiger partial charge in [-0.3, -0.25) is 14.6 Å². The van der Waals surface area contributed by atoms with Crippen LogP contribution in [0.1, 0.15) is 59.3 Å². The van der Waals surface area contributed by atoms with Crippen molar-refractivity contribution >= 4 is 34.4 Å². The van der Waals surface area contributed by atoms with Crippen LogP contribution < -0.4 is 0 Å². The van der Waals surface area contributed by atoms with Gasteiger partial charge in [-0.1, -0.05) is 62.7 Å². The van der Waals surface area contributed by atoms with Crippen molar-refractivity contribution in [2.75, 3.05) is 5.75 Å². The predicted molar refractivity (Wildman–Crippen MR) is 156 cm³/mol. The molecule has 4 aliphatic carbocycles. The first-order chi connectivity index (χ1) is 19.7. The summed E-state index contributed by atoms with van der Waals surface area (Å²) < 4.78 is 13.3. The van der Waals surface area contributed by atoms with E-state index in [0.29, 0.717) is 11.4 Å². The second-order valence-electron chi connectivity index (χ2n) is 13.1. The number of aliphatic hydroxyl groups excluding tert-OH is 1. The van der Waals surface area contributed by atoms with E-state index in [1.807, 2.05) is 30.3 Å². The summed E-state index contributed by atoms with van der Waals surface area (Å²) in [4.78, 5) is 35.9. The molecule has 8 heteroatoms. The molecule has 2 heterocycles. The van der Waals surface area contributed by atoms with Gasteiger partial charge in [-0.05, 0) is 68.2 Å². The molecule has 7 nitrogen and oxygen atoms in total. The lowest BCUT2D eigenvalue weighted by Gasteiger charge is -2.59. The number of benzene rings is 1. The van der Waals surface area contributed by atoms with Crippen LogP contribution in [0.5, 0.6) is 0 Å². The molecule has 1 N–H and O–H groups in total. The molecule has 1 aliphatic heterocycles. The summed E-state index contributed by atoms with van der Waals surface area (Å²) in [6.07, 6.45) is 10.4. The summed E-state index contributed by atoms with van der Waals surface area (Å²) in [6, 6.07) is 7.72. The predicted octanol–water partition coefficient (Wildman–Crippen LogP) is 5.46. The molecule has 0 radical (unpaired) electrons. The zero-order chi connectivity index (χ0) is 28.6. The van der Waals surface area contributed by atoms with E-state index < -0.39 is 23.4 Å². The quantitative estimate of drug-likeness (QED) is 0.454. The van der Waals surface area contributed by atoms with Gasteiger partial charge < -0.3 is 14.6 Å². The highest BCUT2D eigenvalue weighted by Gasteiger charge is 2.75. The Labute approximate surface area is 245 Å². The fraction of sp³-hybridized carbons (Fsp3) is 0.576. The molecular formula is C33H38N2O5S. The number of thioether (sulfide) groups is 1. The first kappa shape index (κ1) is 27.4. The van der Waals surface area contributed by atoms with Gasteiger partial charge >= 0.3 is 0 Å². The Balaban J connectivity index is 1.21. The summed E-state index contributed by atoms with van der Waals surface area (Å²) in [6.45, 7) is 6.44. The highest BCUT2D eigenvalue weighted by atomic mass is 32.2. The van der Waals surface area contributed by atoms with Gasteiger partial charge in [-0.2, -0.15) is 0 Å². The highest BCUT2D eigenvalue weighted by Crippen LogP contribution is 2.69. The lowest BCUT2D eigenvalue weighted by atomic mass is 9.46. The van der Waals surface area contributed by atoms with Crippen LogP contribution in [0.3, 0.4) is 0 Å². The minimum Gasteiger partial charge on any atom is -0.393 e. The first-order valence-electron chi connectivity index (χ1n) is 15.0. The lowest BCUT2D eigenvalue weighted by molar-refractivity contribution is -0.197. The molecule has 9 atom stereocenters. The average Bonchev–Trinajstić information content (AvgIpc) is 3.44. The summed E-state index contributed by atoms with van der Waals surface area (Å²) in [7, 11) is 0. The molecule has 1 aromatic heterocycles. The molecule has 6 unspecified atom stereocenters.